The Labute approximate surface area is 144 Å². The first-order chi connectivity index (χ1) is 10.8. The molecule has 0 unspecified atom stereocenters. The lowest BCUT2D eigenvalue weighted by atomic mass is 10.3. The number of aromatic nitrogens is 1. The molecule has 1 N–H and O–H groups in total. The number of anilines is 1. The maximum absolute atomic E-state index is 12.0. The normalized spacial score (nSPS) is 10.4. The third-order valence-corrected chi connectivity index (χ3v) is 3.58. The zero-order valence-electron chi connectivity index (χ0n) is 11.3. The van der Waals surface area contributed by atoms with Crippen LogP contribution in [0.25, 0.3) is 0 Å². The summed E-state index contributed by atoms with van der Waals surface area (Å²) in [5.41, 5.74) is -0.722. The number of halogens is 3. The van der Waals surface area contributed by atoms with Gasteiger partial charge in [0.2, 0.25) is 5.91 Å². The Balaban J connectivity index is 2.22. The number of nitro groups is 1. The van der Waals surface area contributed by atoms with Gasteiger partial charge in [-0.15, -0.1) is 0 Å². The first-order valence-electron chi connectivity index (χ1n) is 6.07. The topological polar surface area (TPSA) is 94.2 Å². The quantitative estimate of drug-likeness (QED) is 0.654. The molecule has 0 saturated carbocycles. The van der Waals surface area contributed by atoms with Crippen molar-refractivity contribution < 1.29 is 9.72 Å². The van der Waals surface area contributed by atoms with Crippen molar-refractivity contribution in [2.45, 2.75) is 6.54 Å². The SMILES string of the molecule is O=C(Cn1cc([N+](=O)[O-])ccc1=O)Nc1c(Cl)cc(Cl)cc1Cl. The molecule has 120 valence electrons. The molecule has 0 radical (unpaired) electrons. The van der Waals surface area contributed by atoms with E-state index in [0.717, 1.165) is 22.9 Å². The number of nitrogens with one attached hydrogen (secondary N) is 1. The average molecular weight is 377 g/mol. The van der Waals surface area contributed by atoms with E-state index in [1.807, 2.05) is 0 Å². The lowest BCUT2D eigenvalue weighted by Crippen LogP contribution is -2.27. The van der Waals surface area contributed by atoms with Gasteiger partial charge in [-0.3, -0.25) is 24.3 Å². The van der Waals surface area contributed by atoms with Crippen LogP contribution in [0.4, 0.5) is 11.4 Å². The standard InChI is InChI=1S/C13H8Cl3N3O4/c14-7-3-9(15)13(10(16)4-7)17-11(20)6-18-5-8(19(22)23)1-2-12(18)21/h1-5H,6H2,(H,17,20). The molecule has 1 aromatic heterocycles. The summed E-state index contributed by atoms with van der Waals surface area (Å²) in [6, 6.07) is 4.85. The summed E-state index contributed by atoms with van der Waals surface area (Å²) in [6.45, 7) is -0.435. The van der Waals surface area contributed by atoms with Gasteiger partial charge in [-0.25, -0.2) is 0 Å². The summed E-state index contributed by atoms with van der Waals surface area (Å²) < 4.78 is 0.908. The highest BCUT2D eigenvalue weighted by Gasteiger charge is 2.14. The van der Waals surface area contributed by atoms with Crippen LogP contribution in [-0.4, -0.2) is 15.4 Å². The predicted octanol–water partition coefficient (Wildman–Crippen LogP) is 3.36. The second kappa shape index (κ2) is 6.99. The highest BCUT2D eigenvalue weighted by atomic mass is 35.5. The fourth-order valence-corrected chi connectivity index (χ4v) is 2.66. The van der Waals surface area contributed by atoms with Gasteiger partial charge in [0.15, 0.2) is 0 Å². The molecule has 2 aromatic rings. The molecule has 23 heavy (non-hydrogen) atoms. The Morgan fingerprint density at radius 3 is 2.39 bits per heavy atom. The molecular formula is C13H8Cl3N3O4. The minimum Gasteiger partial charge on any atom is -0.322 e. The lowest BCUT2D eigenvalue weighted by molar-refractivity contribution is -0.385. The Hall–Kier alpha value is -2.09. The molecule has 0 aliphatic rings. The molecule has 0 spiro atoms. The summed E-state index contributed by atoms with van der Waals surface area (Å²) in [6.07, 6.45) is 0.979. The number of nitrogens with zero attached hydrogens (tertiary/aromatic N) is 2. The van der Waals surface area contributed by atoms with E-state index < -0.39 is 22.9 Å². The number of rotatable bonds is 4. The van der Waals surface area contributed by atoms with Crippen LogP contribution in [0.5, 0.6) is 0 Å². The lowest BCUT2D eigenvalue weighted by Gasteiger charge is -2.10. The fourth-order valence-electron chi connectivity index (χ4n) is 1.75. The minimum absolute atomic E-state index is 0.127. The van der Waals surface area contributed by atoms with Gasteiger partial charge < -0.3 is 5.32 Å². The van der Waals surface area contributed by atoms with Crippen LogP contribution in [0.1, 0.15) is 0 Å². The van der Waals surface area contributed by atoms with Crippen LogP contribution in [0.15, 0.2) is 35.3 Å². The molecule has 1 heterocycles. The molecule has 10 heteroatoms. The number of carbonyl (C=O) groups is 1. The molecule has 7 nitrogen and oxygen atoms in total. The molecule has 0 aliphatic carbocycles. The van der Waals surface area contributed by atoms with E-state index in [1.54, 1.807) is 0 Å². The zero-order chi connectivity index (χ0) is 17.1. The van der Waals surface area contributed by atoms with Crippen LogP contribution in [-0.2, 0) is 11.3 Å². The van der Waals surface area contributed by atoms with Crippen molar-refractivity contribution in [3.63, 3.8) is 0 Å². The molecule has 0 saturated heterocycles. The number of benzene rings is 1. The van der Waals surface area contributed by atoms with Gasteiger partial charge in [-0.2, -0.15) is 0 Å². The van der Waals surface area contributed by atoms with Gasteiger partial charge in [0.1, 0.15) is 6.54 Å². The Morgan fingerprint density at radius 1 is 1.22 bits per heavy atom. The second-order valence-corrected chi connectivity index (χ2v) is 5.65. The highest BCUT2D eigenvalue weighted by molar-refractivity contribution is 6.42. The average Bonchev–Trinajstić information content (AvgIpc) is 2.45. The van der Waals surface area contributed by atoms with E-state index in [2.05, 4.69) is 5.32 Å². The van der Waals surface area contributed by atoms with E-state index in [9.17, 15) is 19.7 Å². The maximum atomic E-state index is 12.0. The van der Waals surface area contributed by atoms with E-state index in [-0.39, 0.29) is 21.4 Å². The van der Waals surface area contributed by atoms with E-state index in [1.165, 1.54) is 12.1 Å². The number of carbonyl (C=O) groups excluding carboxylic acids is 1. The van der Waals surface area contributed by atoms with Gasteiger partial charge >= 0.3 is 0 Å². The molecule has 0 bridgehead atoms. The number of hydrogen-bond acceptors (Lipinski definition) is 4. The van der Waals surface area contributed by atoms with Gasteiger partial charge in [0.05, 0.1) is 26.9 Å². The highest BCUT2D eigenvalue weighted by Crippen LogP contribution is 2.33. The predicted molar refractivity (Wildman–Crippen MR) is 87.5 cm³/mol. The Kier molecular flexibility index (Phi) is 5.25. The Morgan fingerprint density at radius 2 is 1.83 bits per heavy atom. The first-order valence-corrected chi connectivity index (χ1v) is 7.20. The largest absolute Gasteiger partial charge is 0.322 e. The van der Waals surface area contributed by atoms with Crippen molar-refractivity contribution in [1.29, 1.82) is 0 Å². The minimum atomic E-state index is -0.666. The third kappa shape index (κ3) is 4.22. The molecule has 0 fully saturated rings. The van der Waals surface area contributed by atoms with E-state index in [0.29, 0.717) is 5.02 Å². The maximum Gasteiger partial charge on any atom is 0.285 e. The van der Waals surface area contributed by atoms with Gasteiger partial charge in [-0.1, -0.05) is 34.8 Å². The van der Waals surface area contributed by atoms with Gasteiger partial charge in [-0.05, 0) is 12.1 Å². The number of hydrogen-bond donors (Lipinski definition) is 1. The van der Waals surface area contributed by atoms with Crippen LogP contribution >= 0.6 is 34.8 Å². The van der Waals surface area contributed by atoms with Crippen molar-refractivity contribution in [2.75, 3.05) is 5.32 Å². The smallest absolute Gasteiger partial charge is 0.285 e. The number of pyridine rings is 1. The van der Waals surface area contributed by atoms with Crippen molar-refractivity contribution in [3.8, 4) is 0 Å². The third-order valence-electron chi connectivity index (χ3n) is 2.76. The monoisotopic (exact) mass is 375 g/mol. The zero-order valence-corrected chi connectivity index (χ0v) is 13.5. The van der Waals surface area contributed by atoms with Crippen molar-refractivity contribution in [3.05, 3.63) is 66.0 Å². The van der Waals surface area contributed by atoms with Crippen LogP contribution in [0.3, 0.4) is 0 Å². The second-order valence-electron chi connectivity index (χ2n) is 4.40. The van der Waals surface area contributed by atoms with Crippen LogP contribution in [0.2, 0.25) is 15.1 Å². The molecule has 0 aliphatic heterocycles. The summed E-state index contributed by atoms with van der Waals surface area (Å²) in [5.74, 6) is -0.626. The molecular weight excluding hydrogens is 369 g/mol. The molecule has 1 aromatic carbocycles. The van der Waals surface area contributed by atoms with Gasteiger partial charge in [0.25, 0.3) is 11.2 Å². The van der Waals surface area contributed by atoms with Crippen LogP contribution < -0.4 is 10.9 Å². The summed E-state index contributed by atoms with van der Waals surface area (Å²) in [5, 5.41) is 13.7. The summed E-state index contributed by atoms with van der Waals surface area (Å²) in [7, 11) is 0. The Bertz CT molecular complexity index is 828. The van der Waals surface area contributed by atoms with Crippen molar-refractivity contribution >= 4 is 52.1 Å². The van der Waals surface area contributed by atoms with E-state index in [4.69, 9.17) is 34.8 Å². The van der Waals surface area contributed by atoms with Crippen LogP contribution in [0, 0.1) is 10.1 Å². The first kappa shape index (κ1) is 17.3. The van der Waals surface area contributed by atoms with Crippen molar-refractivity contribution in [1.82, 2.24) is 4.57 Å². The molecule has 1 amide bonds. The van der Waals surface area contributed by atoms with Crippen molar-refractivity contribution in [2.24, 2.45) is 0 Å². The summed E-state index contributed by atoms with van der Waals surface area (Å²) >= 11 is 17.6. The molecule has 0 atom stereocenters. The molecule has 2 rings (SSSR count). The fraction of sp³-hybridized carbons (Fsp3) is 0.0769. The van der Waals surface area contributed by atoms with Gasteiger partial charge in [0, 0.05) is 17.2 Å². The number of amides is 1. The van der Waals surface area contributed by atoms with E-state index >= 15 is 0 Å². The summed E-state index contributed by atoms with van der Waals surface area (Å²) in [4.78, 5) is 33.7.